The van der Waals surface area contributed by atoms with Gasteiger partial charge in [0.15, 0.2) is 0 Å². The zero-order valence-electron chi connectivity index (χ0n) is 9.78. The third-order valence-electron chi connectivity index (χ3n) is 3.14. The van der Waals surface area contributed by atoms with Gasteiger partial charge in [0.05, 0.1) is 5.56 Å². The van der Waals surface area contributed by atoms with Gasteiger partial charge < -0.3 is 5.11 Å². The molecule has 0 aliphatic heterocycles. The second-order valence-corrected chi connectivity index (χ2v) is 4.45. The molecule has 0 radical (unpaired) electrons. The zero-order chi connectivity index (χ0) is 12.1. The van der Waals surface area contributed by atoms with Crippen molar-refractivity contribution in [3.8, 4) is 17.6 Å². The molecule has 2 rings (SSSR count). The highest BCUT2D eigenvalue weighted by atomic mass is 16.3. The Morgan fingerprint density at radius 3 is 2.59 bits per heavy atom. The molecule has 88 valence electrons. The Hall–Kier alpha value is -1.75. The summed E-state index contributed by atoms with van der Waals surface area (Å²) < 4.78 is 0. The van der Waals surface area contributed by atoms with Gasteiger partial charge in [0.1, 0.15) is 5.75 Å². The Bertz CT molecular complexity index is 459. The number of hydrogen-bond acceptors (Lipinski definition) is 2. The van der Waals surface area contributed by atoms with Crippen LogP contribution in [0.1, 0.15) is 42.5 Å². The number of Topliss-reactive ketones (excluding diaryl/α,β-unsaturated/α-hetero) is 1. The van der Waals surface area contributed by atoms with Gasteiger partial charge in [0.25, 0.3) is 0 Å². The van der Waals surface area contributed by atoms with Crippen LogP contribution in [-0.4, -0.2) is 10.9 Å². The number of benzene rings is 1. The molecule has 1 fully saturated rings. The van der Waals surface area contributed by atoms with Gasteiger partial charge in [-0.15, -0.1) is 0 Å². The fourth-order valence-electron chi connectivity index (χ4n) is 2.15. The van der Waals surface area contributed by atoms with Crippen molar-refractivity contribution in [2.75, 3.05) is 0 Å². The highest BCUT2D eigenvalue weighted by Crippen LogP contribution is 2.23. The van der Waals surface area contributed by atoms with Crippen LogP contribution >= 0.6 is 0 Å². The van der Waals surface area contributed by atoms with Crippen LogP contribution in [0.15, 0.2) is 24.3 Å². The van der Waals surface area contributed by atoms with Crippen molar-refractivity contribution in [1.29, 1.82) is 0 Å². The lowest BCUT2D eigenvalue weighted by Crippen LogP contribution is -2.04. The molecule has 0 spiro atoms. The summed E-state index contributed by atoms with van der Waals surface area (Å²) in [7, 11) is 0. The second-order valence-electron chi connectivity index (χ2n) is 4.45. The van der Waals surface area contributed by atoms with E-state index in [0.29, 0.717) is 11.5 Å². The molecule has 0 aromatic heterocycles. The quantitative estimate of drug-likeness (QED) is 0.455. The van der Waals surface area contributed by atoms with Crippen molar-refractivity contribution in [2.45, 2.75) is 32.1 Å². The topological polar surface area (TPSA) is 37.3 Å². The van der Waals surface area contributed by atoms with Gasteiger partial charge in [-0.3, -0.25) is 4.79 Å². The Balaban J connectivity index is 2.06. The number of ketones is 1. The SMILES string of the molecule is O=C(C#CC1CCCCC1)c1ccccc1O. The number of phenolic OH excluding ortho intramolecular Hbond substituents is 1. The summed E-state index contributed by atoms with van der Waals surface area (Å²) in [6, 6.07) is 6.54. The predicted octanol–water partition coefficient (Wildman–Crippen LogP) is 3.16. The van der Waals surface area contributed by atoms with Crippen molar-refractivity contribution < 1.29 is 9.90 Å². The van der Waals surface area contributed by atoms with E-state index in [0.717, 1.165) is 12.8 Å². The number of aromatic hydroxyl groups is 1. The molecule has 0 unspecified atom stereocenters. The third-order valence-corrected chi connectivity index (χ3v) is 3.14. The monoisotopic (exact) mass is 228 g/mol. The fourth-order valence-corrected chi connectivity index (χ4v) is 2.15. The van der Waals surface area contributed by atoms with E-state index in [4.69, 9.17) is 0 Å². The van der Waals surface area contributed by atoms with Crippen LogP contribution in [-0.2, 0) is 0 Å². The van der Waals surface area contributed by atoms with E-state index in [1.165, 1.54) is 25.3 Å². The van der Waals surface area contributed by atoms with E-state index >= 15 is 0 Å². The van der Waals surface area contributed by atoms with E-state index in [1.807, 2.05) is 0 Å². The van der Waals surface area contributed by atoms with Crippen LogP contribution in [0, 0.1) is 17.8 Å². The maximum atomic E-state index is 11.8. The zero-order valence-corrected chi connectivity index (χ0v) is 9.78. The minimum absolute atomic E-state index is 0.00967. The number of phenols is 1. The average molecular weight is 228 g/mol. The van der Waals surface area contributed by atoms with Gasteiger partial charge in [0, 0.05) is 5.92 Å². The van der Waals surface area contributed by atoms with Crippen LogP contribution in [0.2, 0.25) is 0 Å². The van der Waals surface area contributed by atoms with Gasteiger partial charge in [-0.05, 0) is 30.9 Å². The molecule has 1 aromatic rings. The first-order valence-corrected chi connectivity index (χ1v) is 6.11. The maximum absolute atomic E-state index is 11.8. The van der Waals surface area contributed by atoms with E-state index in [9.17, 15) is 9.90 Å². The average Bonchev–Trinajstić information content (AvgIpc) is 2.38. The predicted molar refractivity (Wildman–Crippen MR) is 66.8 cm³/mol. The van der Waals surface area contributed by atoms with Crippen molar-refractivity contribution in [1.82, 2.24) is 0 Å². The Morgan fingerprint density at radius 2 is 1.88 bits per heavy atom. The molecule has 2 heteroatoms. The first kappa shape index (κ1) is 11.7. The number of rotatable bonds is 1. The van der Waals surface area contributed by atoms with Crippen molar-refractivity contribution in [3.05, 3.63) is 29.8 Å². The Morgan fingerprint density at radius 1 is 1.18 bits per heavy atom. The molecule has 1 aromatic carbocycles. The highest BCUT2D eigenvalue weighted by molar-refractivity contribution is 6.10. The lowest BCUT2D eigenvalue weighted by Gasteiger charge is -2.15. The second kappa shape index (κ2) is 5.54. The van der Waals surface area contributed by atoms with Crippen LogP contribution in [0.3, 0.4) is 0 Å². The molecule has 0 atom stereocenters. The van der Waals surface area contributed by atoms with Gasteiger partial charge in [-0.1, -0.05) is 37.3 Å². The lowest BCUT2D eigenvalue weighted by atomic mass is 9.89. The molecule has 1 aliphatic carbocycles. The Kier molecular flexibility index (Phi) is 3.82. The molecule has 2 nitrogen and oxygen atoms in total. The van der Waals surface area contributed by atoms with Crippen LogP contribution in [0.25, 0.3) is 0 Å². The molecule has 0 heterocycles. The van der Waals surface area contributed by atoms with Gasteiger partial charge in [0.2, 0.25) is 5.78 Å². The standard InChI is InChI=1S/C15H16O2/c16-14-9-5-4-8-13(14)15(17)11-10-12-6-2-1-3-7-12/h4-5,8-9,12,16H,1-3,6-7H2. The summed E-state index contributed by atoms with van der Waals surface area (Å²) in [4.78, 5) is 11.8. The highest BCUT2D eigenvalue weighted by Gasteiger charge is 2.11. The Labute approximate surface area is 102 Å². The summed E-state index contributed by atoms with van der Waals surface area (Å²) in [6.07, 6.45) is 5.90. The minimum atomic E-state index is -0.284. The molecule has 0 amide bonds. The largest absolute Gasteiger partial charge is 0.507 e. The van der Waals surface area contributed by atoms with E-state index in [1.54, 1.807) is 18.2 Å². The third kappa shape index (κ3) is 3.10. The summed E-state index contributed by atoms with van der Waals surface area (Å²) in [5.74, 6) is 5.78. The van der Waals surface area contributed by atoms with Crippen LogP contribution < -0.4 is 0 Å². The van der Waals surface area contributed by atoms with E-state index in [2.05, 4.69) is 11.8 Å². The number of para-hydroxylation sites is 1. The van der Waals surface area contributed by atoms with Crippen molar-refractivity contribution in [3.63, 3.8) is 0 Å². The minimum Gasteiger partial charge on any atom is -0.507 e. The van der Waals surface area contributed by atoms with Crippen LogP contribution in [0.4, 0.5) is 0 Å². The lowest BCUT2D eigenvalue weighted by molar-refractivity contribution is 0.105. The van der Waals surface area contributed by atoms with Gasteiger partial charge >= 0.3 is 0 Å². The van der Waals surface area contributed by atoms with Crippen molar-refractivity contribution in [2.24, 2.45) is 5.92 Å². The van der Waals surface area contributed by atoms with Gasteiger partial charge in [-0.2, -0.15) is 0 Å². The normalized spacial score (nSPS) is 16.0. The van der Waals surface area contributed by atoms with Crippen LogP contribution in [0.5, 0.6) is 5.75 Å². The molecular formula is C15H16O2. The first-order chi connectivity index (χ1) is 8.27. The molecule has 17 heavy (non-hydrogen) atoms. The molecule has 0 saturated heterocycles. The number of carbonyl (C=O) groups is 1. The first-order valence-electron chi connectivity index (χ1n) is 6.11. The summed E-state index contributed by atoms with van der Waals surface area (Å²) >= 11 is 0. The molecule has 1 aliphatic rings. The summed E-state index contributed by atoms with van der Waals surface area (Å²) in [5.41, 5.74) is 0.302. The van der Waals surface area contributed by atoms with E-state index in [-0.39, 0.29) is 11.5 Å². The molecule has 1 N–H and O–H groups in total. The fraction of sp³-hybridized carbons (Fsp3) is 0.400. The summed E-state index contributed by atoms with van der Waals surface area (Å²) in [5, 5.41) is 9.53. The van der Waals surface area contributed by atoms with E-state index < -0.39 is 0 Å². The number of hydrogen-bond donors (Lipinski definition) is 1. The smallest absolute Gasteiger partial charge is 0.239 e. The maximum Gasteiger partial charge on any atom is 0.239 e. The van der Waals surface area contributed by atoms with Gasteiger partial charge in [-0.25, -0.2) is 0 Å². The molecular weight excluding hydrogens is 212 g/mol. The summed E-state index contributed by atoms with van der Waals surface area (Å²) in [6.45, 7) is 0. The molecule has 1 saturated carbocycles. The molecule has 0 bridgehead atoms. The number of carbonyl (C=O) groups excluding carboxylic acids is 1. The van der Waals surface area contributed by atoms with Crippen molar-refractivity contribution >= 4 is 5.78 Å².